The van der Waals surface area contributed by atoms with Gasteiger partial charge >= 0.3 is 0 Å². The van der Waals surface area contributed by atoms with Crippen LogP contribution in [0.2, 0.25) is 0 Å². The zero-order valence-electron chi connectivity index (χ0n) is 8.25. The number of aromatic amines is 1. The van der Waals surface area contributed by atoms with Gasteiger partial charge in [-0.25, -0.2) is 4.98 Å². The van der Waals surface area contributed by atoms with Gasteiger partial charge < -0.3 is 10.1 Å². The predicted molar refractivity (Wildman–Crippen MR) is 56.2 cm³/mol. The average Bonchev–Trinajstić information content (AvgIpc) is 2.54. The molecular formula is C11H14N2O. The number of benzene rings is 1. The van der Waals surface area contributed by atoms with Crippen LogP contribution in [0.4, 0.5) is 0 Å². The molecule has 3 heteroatoms. The molecule has 0 bridgehead atoms. The molecule has 0 aliphatic heterocycles. The van der Waals surface area contributed by atoms with Gasteiger partial charge in [0.1, 0.15) is 5.82 Å². The Balaban J connectivity index is 2.31. The van der Waals surface area contributed by atoms with Gasteiger partial charge in [-0.1, -0.05) is 6.07 Å². The lowest BCUT2D eigenvalue weighted by Gasteiger charge is -1.98. The van der Waals surface area contributed by atoms with Crippen LogP contribution in [0.1, 0.15) is 17.8 Å². The number of hydrogen-bond donors (Lipinski definition) is 2. The van der Waals surface area contributed by atoms with E-state index in [-0.39, 0.29) is 6.61 Å². The molecule has 0 fully saturated rings. The van der Waals surface area contributed by atoms with Crippen molar-refractivity contribution < 1.29 is 5.11 Å². The SMILES string of the molecule is Cc1nc2cc(CCCO)ccc2[nH]1. The van der Waals surface area contributed by atoms with Gasteiger partial charge in [-0.05, 0) is 37.5 Å². The van der Waals surface area contributed by atoms with Gasteiger partial charge in [-0.15, -0.1) is 0 Å². The molecule has 0 saturated carbocycles. The maximum atomic E-state index is 8.72. The number of H-pyrrole nitrogens is 1. The summed E-state index contributed by atoms with van der Waals surface area (Å²) in [4.78, 5) is 7.55. The van der Waals surface area contributed by atoms with Crippen molar-refractivity contribution in [2.75, 3.05) is 6.61 Å². The smallest absolute Gasteiger partial charge is 0.104 e. The molecule has 2 aromatic rings. The maximum Gasteiger partial charge on any atom is 0.104 e. The number of aliphatic hydroxyl groups excluding tert-OH is 1. The summed E-state index contributed by atoms with van der Waals surface area (Å²) in [5, 5.41) is 8.72. The van der Waals surface area contributed by atoms with E-state index in [1.165, 1.54) is 5.56 Å². The van der Waals surface area contributed by atoms with E-state index >= 15 is 0 Å². The third-order valence-electron chi connectivity index (χ3n) is 2.29. The minimum absolute atomic E-state index is 0.248. The Morgan fingerprint density at radius 1 is 1.43 bits per heavy atom. The van der Waals surface area contributed by atoms with Gasteiger partial charge in [0.2, 0.25) is 0 Å². The highest BCUT2D eigenvalue weighted by Gasteiger charge is 2.00. The number of imidazole rings is 1. The Kier molecular flexibility index (Phi) is 2.50. The monoisotopic (exact) mass is 190 g/mol. The zero-order valence-corrected chi connectivity index (χ0v) is 8.25. The van der Waals surface area contributed by atoms with Crippen LogP contribution in [0.5, 0.6) is 0 Å². The molecule has 2 N–H and O–H groups in total. The number of nitrogens with one attached hydrogen (secondary N) is 1. The van der Waals surface area contributed by atoms with Crippen LogP contribution in [0, 0.1) is 6.92 Å². The van der Waals surface area contributed by atoms with E-state index in [4.69, 9.17) is 5.11 Å². The van der Waals surface area contributed by atoms with Gasteiger partial charge in [-0.3, -0.25) is 0 Å². The summed E-state index contributed by atoms with van der Waals surface area (Å²) >= 11 is 0. The van der Waals surface area contributed by atoms with Crippen LogP contribution in [0.25, 0.3) is 11.0 Å². The lowest BCUT2D eigenvalue weighted by Crippen LogP contribution is -1.88. The number of aliphatic hydroxyl groups is 1. The van der Waals surface area contributed by atoms with Crippen molar-refractivity contribution in [3.05, 3.63) is 29.6 Å². The molecule has 1 aromatic heterocycles. The fourth-order valence-corrected chi connectivity index (χ4v) is 1.62. The lowest BCUT2D eigenvalue weighted by atomic mass is 10.1. The first-order valence-corrected chi connectivity index (χ1v) is 4.86. The molecule has 0 aliphatic carbocycles. The van der Waals surface area contributed by atoms with Crippen molar-refractivity contribution in [3.8, 4) is 0 Å². The molecule has 74 valence electrons. The molecule has 0 aliphatic rings. The Hall–Kier alpha value is -1.35. The number of nitrogens with zero attached hydrogens (tertiary/aromatic N) is 1. The summed E-state index contributed by atoms with van der Waals surface area (Å²) in [7, 11) is 0. The third-order valence-corrected chi connectivity index (χ3v) is 2.29. The van der Waals surface area contributed by atoms with Crippen molar-refractivity contribution >= 4 is 11.0 Å². The molecule has 0 unspecified atom stereocenters. The van der Waals surface area contributed by atoms with Gasteiger partial charge in [0.05, 0.1) is 11.0 Å². The van der Waals surface area contributed by atoms with Gasteiger partial charge in [0, 0.05) is 6.61 Å². The Bertz CT molecular complexity index is 434. The highest BCUT2D eigenvalue weighted by Crippen LogP contribution is 2.14. The fraction of sp³-hybridized carbons (Fsp3) is 0.364. The second-order valence-corrected chi connectivity index (χ2v) is 3.50. The molecule has 0 radical (unpaired) electrons. The van der Waals surface area contributed by atoms with Crippen molar-refractivity contribution in [3.63, 3.8) is 0 Å². The van der Waals surface area contributed by atoms with E-state index in [2.05, 4.69) is 22.1 Å². The lowest BCUT2D eigenvalue weighted by molar-refractivity contribution is 0.288. The van der Waals surface area contributed by atoms with Crippen molar-refractivity contribution in [1.29, 1.82) is 0 Å². The summed E-state index contributed by atoms with van der Waals surface area (Å²) in [5.41, 5.74) is 3.33. The summed E-state index contributed by atoms with van der Waals surface area (Å²) in [6.07, 6.45) is 1.73. The minimum atomic E-state index is 0.248. The number of fused-ring (bicyclic) bond motifs is 1. The molecule has 1 heterocycles. The van der Waals surface area contributed by atoms with E-state index < -0.39 is 0 Å². The molecule has 1 aromatic carbocycles. The highest BCUT2D eigenvalue weighted by atomic mass is 16.2. The molecule has 0 amide bonds. The summed E-state index contributed by atoms with van der Waals surface area (Å²) in [6.45, 7) is 2.20. The van der Waals surface area contributed by atoms with Crippen molar-refractivity contribution in [1.82, 2.24) is 9.97 Å². The Labute approximate surface area is 82.8 Å². The molecule has 0 spiro atoms. The first-order chi connectivity index (χ1) is 6.79. The van der Waals surface area contributed by atoms with Crippen LogP contribution < -0.4 is 0 Å². The fourth-order valence-electron chi connectivity index (χ4n) is 1.62. The highest BCUT2D eigenvalue weighted by molar-refractivity contribution is 5.75. The summed E-state index contributed by atoms with van der Waals surface area (Å²) in [6, 6.07) is 6.20. The quantitative estimate of drug-likeness (QED) is 0.775. The largest absolute Gasteiger partial charge is 0.396 e. The zero-order chi connectivity index (χ0) is 9.97. The number of aryl methyl sites for hydroxylation is 2. The van der Waals surface area contributed by atoms with E-state index in [0.717, 1.165) is 29.7 Å². The third kappa shape index (κ3) is 1.77. The normalized spacial score (nSPS) is 11.0. The Morgan fingerprint density at radius 3 is 3.07 bits per heavy atom. The second-order valence-electron chi connectivity index (χ2n) is 3.50. The van der Waals surface area contributed by atoms with E-state index in [1.54, 1.807) is 0 Å². The summed E-state index contributed by atoms with van der Waals surface area (Å²) in [5.74, 6) is 0.944. The van der Waals surface area contributed by atoms with Crippen LogP contribution >= 0.6 is 0 Å². The standard InChI is InChI=1S/C11H14N2O/c1-8-12-10-5-4-9(3-2-6-14)7-11(10)13-8/h4-5,7,14H,2-3,6H2,1H3,(H,12,13). The van der Waals surface area contributed by atoms with Crippen molar-refractivity contribution in [2.24, 2.45) is 0 Å². The number of rotatable bonds is 3. The van der Waals surface area contributed by atoms with E-state index in [0.29, 0.717) is 0 Å². The van der Waals surface area contributed by atoms with Crippen LogP contribution in [0.15, 0.2) is 18.2 Å². The second kappa shape index (κ2) is 3.80. The average molecular weight is 190 g/mol. The van der Waals surface area contributed by atoms with Gasteiger partial charge in [-0.2, -0.15) is 0 Å². The topological polar surface area (TPSA) is 48.9 Å². The minimum Gasteiger partial charge on any atom is -0.396 e. The van der Waals surface area contributed by atoms with Crippen LogP contribution in [-0.4, -0.2) is 21.7 Å². The van der Waals surface area contributed by atoms with Crippen molar-refractivity contribution in [2.45, 2.75) is 19.8 Å². The number of hydrogen-bond acceptors (Lipinski definition) is 2. The first-order valence-electron chi connectivity index (χ1n) is 4.86. The molecule has 14 heavy (non-hydrogen) atoms. The first kappa shape index (κ1) is 9.21. The van der Waals surface area contributed by atoms with E-state index in [1.807, 2.05) is 13.0 Å². The molecule has 0 atom stereocenters. The maximum absolute atomic E-state index is 8.72. The molecule has 3 nitrogen and oxygen atoms in total. The number of aromatic nitrogens is 2. The summed E-state index contributed by atoms with van der Waals surface area (Å²) < 4.78 is 0. The van der Waals surface area contributed by atoms with Gasteiger partial charge in [0.15, 0.2) is 0 Å². The predicted octanol–water partition coefficient (Wildman–Crippen LogP) is 1.80. The molecule has 0 saturated heterocycles. The molecule has 2 rings (SSSR count). The van der Waals surface area contributed by atoms with Crippen LogP contribution in [-0.2, 0) is 6.42 Å². The van der Waals surface area contributed by atoms with Crippen LogP contribution in [0.3, 0.4) is 0 Å². The van der Waals surface area contributed by atoms with E-state index in [9.17, 15) is 0 Å². The Morgan fingerprint density at radius 2 is 2.29 bits per heavy atom. The van der Waals surface area contributed by atoms with Gasteiger partial charge in [0.25, 0.3) is 0 Å². The molecular weight excluding hydrogens is 176 g/mol.